The van der Waals surface area contributed by atoms with Gasteiger partial charge in [0.15, 0.2) is 9.84 Å². The van der Waals surface area contributed by atoms with E-state index in [2.05, 4.69) is 5.32 Å². The minimum absolute atomic E-state index is 0.0390. The van der Waals surface area contributed by atoms with E-state index in [4.69, 9.17) is 11.6 Å². The van der Waals surface area contributed by atoms with E-state index >= 15 is 0 Å². The molecule has 0 unspecified atom stereocenters. The fraction of sp³-hybridized carbons (Fsp3) is 0.235. The quantitative estimate of drug-likeness (QED) is 0.899. The van der Waals surface area contributed by atoms with Crippen LogP contribution in [0.2, 0.25) is 5.02 Å². The number of hydrogen-bond donors (Lipinski definition) is 1. The Bertz CT molecular complexity index is 804. The highest BCUT2D eigenvalue weighted by atomic mass is 35.5. The summed E-state index contributed by atoms with van der Waals surface area (Å²) < 4.78 is 23.3. The smallest absolute Gasteiger partial charge is 0.251 e. The van der Waals surface area contributed by atoms with Gasteiger partial charge < -0.3 is 5.32 Å². The molecule has 0 heterocycles. The lowest BCUT2D eigenvalue weighted by atomic mass is 10.0. The van der Waals surface area contributed by atoms with Gasteiger partial charge in [0.25, 0.3) is 5.91 Å². The van der Waals surface area contributed by atoms with Crippen LogP contribution in [-0.2, 0) is 9.84 Å². The molecule has 1 atom stereocenters. The SMILES string of the molecule is C[C@H](CNC(=O)c1ccc(Cl)c(S(C)(=O)=O)c1)c1ccccc1. The van der Waals surface area contributed by atoms with Crippen molar-refractivity contribution in [3.05, 3.63) is 64.7 Å². The number of benzene rings is 2. The number of rotatable bonds is 5. The van der Waals surface area contributed by atoms with Crippen LogP contribution >= 0.6 is 11.6 Å². The van der Waals surface area contributed by atoms with Crippen molar-refractivity contribution < 1.29 is 13.2 Å². The molecule has 0 radical (unpaired) electrons. The third-order valence-electron chi connectivity index (χ3n) is 3.53. The molecule has 2 rings (SSSR count). The van der Waals surface area contributed by atoms with Gasteiger partial charge in [-0.05, 0) is 29.7 Å². The summed E-state index contributed by atoms with van der Waals surface area (Å²) in [5.41, 5.74) is 1.40. The molecule has 1 N–H and O–H groups in total. The molecule has 6 heteroatoms. The van der Waals surface area contributed by atoms with Gasteiger partial charge in [-0.15, -0.1) is 0 Å². The van der Waals surface area contributed by atoms with E-state index in [1.165, 1.54) is 18.2 Å². The molecule has 2 aromatic carbocycles. The molecular weight excluding hydrogens is 334 g/mol. The minimum Gasteiger partial charge on any atom is -0.351 e. The van der Waals surface area contributed by atoms with E-state index in [0.29, 0.717) is 6.54 Å². The fourth-order valence-electron chi connectivity index (χ4n) is 2.18. The summed E-state index contributed by atoms with van der Waals surface area (Å²) in [7, 11) is -3.48. The second-order valence-electron chi connectivity index (χ2n) is 5.44. The van der Waals surface area contributed by atoms with Crippen LogP contribution in [0.15, 0.2) is 53.4 Å². The predicted molar refractivity (Wildman–Crippen MR) is 91.8 cm³/mol. The first-order valence-corrected chi connectivity index (χ1v) is 9.38. The number of halogens is 1. The third-order valence-corrected chi connectivity index (χ3v) is 5.11. The van der Waals surface area contributed by atoms with Crippen LogP contribution in [0.5, 0.6) is 0 Å². The van der Waals surface area contributed by atoms with Gasteiger partial charge in [-0.3, -0.25) is 4.79 Å². The Hall–Kier alpha value is -1.85. The maximum absolute atomic E-state index is 12.2. The molecule has 1 amide bonds. The monoisotopic (exact) mass is 351 g/mol. The zero-order valence-electron chi connectivity index (χ0n) is 12.9. The minimum atomic E-state index is -3.48. The Morgan fingerprint density at radius 2 is 1.83 bits per heavy atom. The molecule has 2 aromatic rings. The molecule has 0 aliphatic carbocycles. The standard InChI is InChI=1S/C17H18ClNO3S/c1-12(13-6-4-3-5-7-13)11-19-17(20)14-8-9-15(18)16(10-14)23(2,21)22/h3-10,12H,11H2,1-2H3,(H,19,20)/t12-/m1/s1. The van der Waals surface area contributed by atoms with Gasteiger partial charge in [-0.1, -0.05) is 48.9 Å². The summed E-state index contributed by atoms with van der Waals surface area (Å²) in [5.74, 6) is -0.170. The number of carbonyl (C=O) groups excluding carboxylic acids is 1. The second kappa shape index (κ2) is 7.15. The number of amides is 1. The van der Waals surface area contributed by atoms with E-state index in [-0.39, 0.29) is 27.3 Å². The molecule has 0 saturated carbocycles. The Labute approximate surface area is 141 Å². The highest BCUT2D eigenvalue weighted by Gasteiger charge is 2.16. The summed E-state index contributed by atoms with van der Waals surface area (Å²) in [5, 5.41) is 2.93. The Morgan fingerprint density at radius 1 is 1.17 bits per heavy atom. The molecule has 4 nitrogen and oxygen atoms in total. The fourth-order valence-corrected chi connectivity index (χ4v) is 3.48. The van der Waals surface area contributed by atoms with Crippen molar-refractivity contribution >= 4 is 27.3 Å². The zero-order chi connectivity index (χ0) is 17.0. The molecule has 0 aliphatic heterocycles. The third kappa shape index (κ3) is 4.56. The van der Waals surface area contributed by atoms with Crippen LogP contribution in [0.4, 0.5) is 0 Å². The van der Waals surface area contributed by atoms with Gasteiger partial charge in [0.1, 0.15) is 0 Å². The number of carbonyl (C=O) groups is 1. The zero-order valence-corrected chi connectivity index (χ0v) is 14.5. The highest BCUT2D eigenvalue weighted by molar-refractivity contribution is 7.90. The first kappa shape index (κ1) is 17.5. The van der Waals surface area contributed by atoms with Crippen molar-refractivity contribution in [3.63, 3.8) is 0 Å². The summed E-state index contributed by atoms with van der Waals surface area (Å²) in [6.45, 7) is 2.47. The summed E-state index contributed by atoms with van der Waals surface area (Å²) in [6, 6.07) is 14.1. The number of sulfone groups is 1. The molecule has 0 saturated heterocycles. The van der Waals surface area contributed by atoms with E-state index in [1.807, 2.05) is 37.3 Å². The Balaban J connectivity index is 2.10. The van der Waals surface area contributed by atoms with Crippen molar-refractivity contribution in [2.75, 3.05) is 12.8 Å². The summed E-state index contributed by atoms with van der Waals surface area (Å²) in [6.07, 6.45) is 1.06. The molecule has 0 aromatic heterocycles. The number of nitrogens with one attached hydrogen (secondary N) is 1. The van der Waals surface area contributed by atoms with Gasteiger partial charge in [0, 0.05) is 18.4 Å². The van der Waals surface area contributed by atoms with Gasteiger partial charge in [-0.25, -0.2) is 8.42 Å². The van der Waals surface area contributed by atoms with Crippen molar-refractivity contribution in [1.29, 1.82) is 0 Å². The lowest BCUT2D eigenvalue weighted by Crippen LogP contribution is -2.27. The maximum atomic E-state index is 12.2. The normalized spacial score (nSPS) is 12.7. The first-order valence-electron chi connectivity index (χ1n) is 7.12. The average Bonchev–Trinajstić information content (AvgIpc) is 2.52. The van der Waals surface area contributed by atoms with Crippen LogP contribution in [0.25, 0.3) is 0 Å². The van der Waals surface area contributed by atoms with Gasteiger partial charge in [-0.2, -0.15) is 0 Å². The molecular formula is C17H18ClNO3S. The highest BCUT2D eigenvalue weighted by Crippen LogP contribution is 2.22. The van der Waals surface area contributed by atoms with Gasteiger partial charge in [0.2, 0.25) is 0 Å². The van der Waals surface area contributed by atoms with Crippen LogP contribution < -0.4 is 5.32 Å². The van der Waals surface area contributed by atoms with Gasteiger partial charge >= 0.3 is 0 Å². The largest absolute Gasteiger partial charge is 0.351 e. The van der Waals surface area contributed by atoms with Crippen molar-refractivity contribution in [2.45, 2.75) is 17.7 Å². The van der Waals surface area contributed by atoms with E-state index in [9.17, 15) is 13.2 Å². The summed E-state index contributed by atoms with van der Waals surface area (Å²) in [4.78, 5) is 12.2. The lowest BCUT2D eigenvalue weighted by molar-refractivity contribution is 0.0951. The number of hydrogen-bond acceptors (Lipinski definition) is 3. The van der Waals surface area contributed by atoms with Crippen molar-refractivity contribution in [2.24, 2.45) is 0 Å². The maximum Gasteiger partial charge on any atom is 0.251 e. The van der Waals surface area contributed by atoms with E-state index in [1.54, 1.807) is 0 Å². The van der Waals surface area contributed by atoms with E-state index < -0.39 is 9.84 Å². The van der Waals surface area contributed by atoms with Crippen LogP contribution in [0, 0.1) is 0 Å². The molecule has 0 spiro atoms. The Morgan fingerprint density at radius 3 is 2.43 bits per heavy atom. The molecule has 23 heavy (non-hydrogen) atoms. The first-order chi connectivity index (χ1) is 10.8. The molecule has 0 fully saturated rings. The van der Waals surface area contributed by atoms with Crippen molar-refractivity contribution in [1.82, 2.24) is 5.32 Å². The van der Waals surface area contributed by atoms with Crippen molar-refractivity contribution in [3.8, 4) is 0 Å². The Kier molecular flexibility index (Phi) is 5.44. The average molecular weight is 352 g/mol. The topological polar surface area (TPSA) is 63.2 Å². The van der Waals surface area contributed by atoms with Crippen LogP contribution in [-0.4, -0.2) is 27.1 Å². The second-order valence-corrected chi connectivity index (χ2v) is 7.83. The summed E-state index contributed by atoms with van der Waals surface area (Å²) >= 11 is 5.88. The molecule has 0 bridgehead atoms. The van der Waals surface area contributed by atoms with Crippen LogP contribution in [0.1, 0.15) is 28.8 Å². The van der Waals surface area contributed by atoms with Crippen LogP contribution in [0.3, 0.4) is 0 Å². The molecule has 122 valence electrons. The molecule has 0 aliphatic rings. The predicted octanol–water partition coefficient (Wildman–Crippen LogP) is 3.28. The van der Waals surface area contributed by atoms with Gasteiger partial charge in [0.05, 0.1) is 9.92 Å². The van der Waals surface area contributed by atoms with E-state index in [0.717, 1.165) is 11.8 Å². The lowest BCUT2D eigenvalue weighted by Gasteiger charge is -2.13.